The molecule has 0 spiro atoms. The van der Waals surface area contributed by atoms with Crippen molar-refractivity contribution in [3.8, 4) is 11.5 Å². The highest BCUT2D eigenvalue weighted by Crippen LogP contribution is 2.28. The molecular formula is C19H29NO3. The number of hydrogen-bond acceptors (Lipinski definition) is 3. The van der Waals surface area contributed by atoms with E-state index in [-0.39, 0.29) is 11.8 Å². The highest BCUT2D eigenvalue weighted by Gasteiger charge is 2.19. The Morgan fingerprint density at radius 2 is 1.78 bits per heavy atom. The minimum Gasteiger partial charge on any atom is -0.493 e. The average Bonchev–Trinajstić information content (AvgIpc) is 2.83. The van der Waals surface area contributed by atoms with Crippen LogP contribution in [0, 0.1) is 5.92 Å². The smallest absolute Gasteiger partial charge is 0.223 e. The van der Waals surface area contributed by atoms with Crippen LogP contribution in [-0.2, 0) is 11.2 Å². The lowest BCUT2D eigenvalue weighted by Crippen LogP contribution is -2.38. The predicted octanol–water partition coefficient (Wildman–Crippen LogP) is 3.72. The zero-order valence-corrected chi connectivity index (χ0v) is 14.6. The summed E-state index contributed by atoms with van der Waals surface area (Å²) in [6, 6.07) is 6.20. The van der Waals surface area contributed by atoms with Crippen molar-refractivity contribution < 1.29 is 14.3 Å². The first-order chi connectivity index (χ1) is 11.1. The zero-order chi connectivity index (χ0) is 16.7. The molecule has 0 saturated heterocycles. The normalized spacial score (nSPS) is 17.2. The van der Waals surface area contributed by atoms with E-state index in [1.54, 1.807) is 14.2 Å². The molecule has 0 aliphatic heterocycles. The van der Waals surface area contributed by atoms with Crippen LogP contribution >= 0.6 is 0 Å². The summed E-state index contributed by atoms with van der Waals surface area (Å²) in [4.78, 5) is 12.4. The standard InChI is InChI=1S/C19H29NO3/c1-14(19(21)20-16-8-6-4-5-7-9-16)12-15-10-11-17(22-2)18(13-15)23-3/h10-11,13-14,16H,4-9,12H2,1-3H3,(H,20,21). The quantitative estimate of drug-likeness (QED) is 0.813. The molecule has 128 valence electrons. The molecule has 1 aliphatic rings. The van der Waals surface area contributed by atoms with Gasteiger partial charge >= 0.3 is 0 Å². The maximum atomic E-state index is 12.4. The van der Waals surface area contributed by atoms with Gasteiger partial charge in [0.2, 0.25) is 5.91 Å². The molecule has 1 saturated carbocycles. The maximum absolute atomic E-state index is 12.4. The Hall–Kier alpha value is -1.71. The van der Waals surface area contributed by atoms with Crippen LogP contribution in [0.5, 0.6) is 11.5 Å². The van der Waals surface area contributed by atoms with E-state index in [0.29, 0.717) is 24.0 Å². The van der Waals surface area contributed by atoms with Crippen LogP contribution in [0.1, 0.15) is 51.0 Å². The fourth-order valence-electron chi connectivity index (χ4n) is 3.22. The number of hydrogen-bond donors (Lipinski definition) is 1. The molecule has 1 amide bonds. The lowest BCUT2D eigenvalue weighted by molar-refractivity contribution is -0.125. The largest absolute Gasteiger partial charge is 0.493 e. The first kappa shape index (κ1) is 17.6. The van der Waals surface area contributed by atoms with Crippen LogP contribution in [0.25, 0.3) is 0 Å². The van der Waals surface area contributed by atoms with Gasteiger partial charge < -0.3 is 14.8 Å². The van der Waals surface area contributed by atoms with Gasteiger partial charge in [-0.25, -0.2) is 0 Å². The van der Waals surface area contributed by atoms with Crippen LogP contribution in [-0.4, -0.2) is 26.2 Å². The molecule has 1 N–H and O–H groups in total. The molecule has 1 aromatic carbocycles. The topological polar surface area (TPSA) is 47.6 Å². The van der Waals surface area contributed by atoms with E-state index in [0.717, 1.165) is 18.4 Å². The summed E-state index contributed by atoms with van der Waals surface area (Å²) in [5.41, 5.74) is 1.09. The van der Waals surface area contributed by atoms with Gasteiger partial charge in [-0.05, 0) is 37.0 Å². The molecule has 1 aliphatic carbocycles. The molecule has 0 aromatic heterocycles. The molecule has 4 heteroatoms. The summed E-state index contributed by atoms with van der Waals surface area (Å²) in [5.74, 6) is 1.54. The van der Waals surface area contributed by atoms with E-state index >= 15 is 0 Å². The minimum absolute atomic E-state index is 0.0450. The second-order valence-corrected chi connectivity index (χ2v) is 6.49. The maximum Gasteiger partial charge on any atom is 0.223 e. The van der Waals surface area contributed by atoms with Crippen molar-refractivity contribution in [2.24, 2.45) is 5.92 Å². The number of methoxy groups -OCH3 is 2. The molecule has 1 aromatic rings. The molecule has 0 bridgehead atoms. The van der Waals surface area contributed by atoms with Crippen LogP contribution in [0.2, 0.25) is 0 Å². The Balaban J connectivity index is 1.92. The van der Waals surface area contributed by atoms with Crippen LogP contribution in [0.4, 0.5) is 0 Å². The van der Waals surface area contributed by atoms with Crippen LogP contribution in [0.15, 0.2) is 18.2 Å². The summed E-state index contributed by atoms with van der Waals surface area (Å²) in [6.45, 7) is 1.99. The Morgan fingerprint density at radius 3 is 2.39 bits per heavy atom. The SMILES string of the molecule is COc1ccc(CC(C)C(=O)NC2CCCCCC2)cc1OC. The highest BCUT2D eigenvalue weighted by atomic mass is 16.5. The molecule has 23 heavy (non-hydrogen) atoms. The number of carbonyl (C=O) groups excluding carboxylic acids is 1. The molecule has 1 fully saturated rings. The van der Waals surface area contributed by atoms with Gasteiger partial charge in [0.25, 0.3) is 0 Å². The highest BCUT2D eigenvalue weighted by molar-refractivity contribution is 5.78. The van der Waals surface area contributed by atoms with Gasteiger partial charge in [0.05, 0.1) is 14.2 Å². The number of nitrogens with one attached hydrogen (secondary N) is 1. The Labute approximate surface area is 139 Å². The number of ether oxygens (including phenoxy) is 2. The van der Waals surface area contributed by atoms with E-state index in [4.69, 9.17) is 9.47 Å². The van der Waals surface area contributed by atoms with E-state index in [2.05, 4.69) is 5.32 Å². The van der Waals surface area contributed by atoms with Gasteiger partial charge in [0, 0.05) is 12.0 Å². The molecule has 1 unspecified atom stereocenters. The first-order valence-corrected chi connectivity index (χ1v) is 8.65. The Bertz CT molecular complexity index is 507. The van der Waals surface area contributed by atoms with Crippen molar-refractivity contribution in [1.29, 1.82) is 0 Å². The molecule has 0 radical (unpaired) electrons. The van der Waals surface area contributed by atoms with Gasteiger partial charge in [-0.2, -0.15) is 0 Å². The lowest BCUT2D eigenvalue weighted by Gasteiger charge is -2.20. The fourth-order valence-corrected chi connectivity index (χ4v) is 3.22. The summed E-state index contributed by atoms with van der Waals surface area (Å²) in [6.07, 6.45) is 8.01. The van der Waals surface area contributed by atoms with E-state index in [1.165, 1.54) is 25.7 Å². The third-order valence-corrected chi connectivity index (χ3v) is 4.64. The summed E-state index contributed by atoms with van der Waals surface area (Å²) in [7, 11) is 3.25. The van der Waals surface area contributed by atoms with Gasteiger partial charge in [0.1, 0.15) is 0 Å². The number of benzene rings is 1. The van der Waals surface area contributed by atoms with Gasteiger partial charge in [-0.1, -0.05) is 38.7 Å². The first-order valence-electron chi connectivity index (χ1n) is 8.65. The number of rotatable bonds is 6. The molecule has 0 heterocycles. The van der Waals surface area contributed by atoms with Crippen molar-refractivity contribution in [1.82, 2.24) is 5.32 Å². The molecule has 2 rings (SSSR count). The summed E-state index contributed by atoms with van der Waals surface area (Å²) in [5, 5.41) is 3.24. The van der Waals surface area contributed by atoms with E-state index < -0.39 is 0 Å². The summed E-state index contributed by atoms with van der Waals surface area (Å²) < 4.78 is 10.6. The lowest BCUT2D eigenvalue weighted by atomic mass is 9.99. The monoisotopic (exact) mass is 319 g/mol. The van der Waals surface area contributed by atoms with Gasteiger partial charge in [-0.15, -0.1) is 0 Å². The van der Waals surface area contributed by atoms with Crippen LogP contribution < -0.4 is 14.8 Å². The minimum atomic E-state index is -0.0450. The van der Waals surface area contributed by atoms with Crippen molar-refractivity contribution in [2.45, 2.75) is 57.9 Å². The molecular weight excluding hydrogens is 290 g/mol. The van der Waals surface area contributed by atoms with E-state index in [9.17, 15) is 4.79 Å². The van der Waals surface area contributed by atoms with Crippen molar-refractivity contribution in [2.75, 3.05) is 14.2 Å². The summed E-state index contributed by atoms with van der Waals surface area (Å²) >= 11 is 0. The molecule has 4 nitrogen and oxygen atoms in total. The van der Waals surface area contributed by atoms with Crippen molar-refractivity contribution >= 4 is 5.91 Å². The zero-order valence-electron chi connectivity index (χ0n) is 14.6. The second kappa shape index (κ2) is 8.80. The predicted molar refractivity (Wildman–Crippen MR) is 92.0 cm³/mol. The third-order valence-electron chi connectivity index (χ3n) is 4.64. The van der Waals surface area contributed by atoms with E-state index in [1.807, 2.05) is 25.1 Å². The van der Waals surface area contributed by atoms with Crippen LogP contribution in [0.3, 0.4) is 0 Å². The van der Waals surface area contributed by atoms with Crippen molar-refractivity contribution in [3.05, 3.63) is 23.8 Å². The van der Waals surface area contributed by atoms with Gasteiger partial charge in [-0.3, -0.25) is 4.79 Å². The van der Waals surface area contributed by atoms with Gasteiger partial charge in [0.15, 0.2) is 11.5 Å². The number of amides is 1. The Kier molecular flexibility index (Phi) is 6.75. The second-order valence-electron chi connectivity index (χ2n) is 6.49. The Morgan fingerprint density at radius 1 is 1.13 bits per heavy atom. The fraction of sp³-hybridized carbons (Fsp3) is 0.632. The number of carbonyl (C=O) groups is 1. The third kappa shape index (κ3) is 5.15. The molecule has 1 atom stereocenters. The average molecular weight is 319 g/mol. The van der Waals surface area contributed by atoms with Crippen molar-refractivity contribution in [3.63, 3.8) is 0 Å².